The average Bonchev–Trinajstić information content (AvgIpc) is 2.67. The minimum atomic E-state index is -3.48. The van der Waals surface area contributed by atoms with Crippen molar-refractivity contribution in [1.82, 2.24) is 9.62 Å². The van der Waals surface area contributed by atoms with Crippen LogP contribution in [0.1, 0.15) is 70.8 Å². The molecular weight excluding hydrogens is 360 g/mol. The third kappa shape index (κ3) is 6.04. The first-order chi connectivity index (χ1) is 12.9. The lowest BCUT2D eigenvalue weighted by molar-refractivity contribution is -0.126. The Morgan fingerprint density at radius 3 is 2.30 bits per heavy atom. The van der Waals surface area contributed by atoms with Crippen LogP contribution in [0.5, 0.6) is 0 Å². The van der Waals surface area contributed by atoms with Crippen LogP contribution in [0, 0.1) is 5.92 Å². The molecule has 1 N–H and O–H groups in total. The molecule has 1 aliphatic heterocycles. The van der Waals surface area contributed by atoms with Crippen molar-refractivity contribution in [3.05, 3.63) is 29.8 Å². The van der Waals surface area contributed by atoms with Crippen LogP contribution in [0.25, 0.3) is 0 Å². The Bertz CT molecular complexity index is 691. The SMILES string of the molecule is CCCCCCNC(=O)C1CCN(S(=O)(=O)c2ccc(C(C)C)cc2)CC1. The van der Waals surface area contributed by atoms with E-state index in [2.05, 4.69) is 26.1 Å². The maximum atomic E-state index is 12.8. The van der Waals surface area contributed by atoms with Crippen LogP contribution in [0.4, 0.5) is 0 Å². The molecule has 1 fully saturated rings. The molecule has 0 aromatic heterocycles. The lowest BCUT2D eigenvalue weighted by atomic mass is 9.97. The first kappa shape index (κ1) is 21.9. The first-order valence-corrected chi connectivity index (χ1v) is 11.7. The van der Waals surface area contributed by atoms with Gasteiger partial charge in [-0.25, -0.2) is 8.42 Å². The molecule has 0 aliphatic carbocycles. The van der Waals surface area contributed by atoms with Gasteiger partial charge in [0.1, 0.15) is 0 Å². The van der Waals surface area contributed by atoms with Gasteiger partial charge in [0.25, 0.3) is 0 Å². The highest BCUT2D eigenvalue weighted by Crippen LogP contribution is 2.25. The van der Waals surface area contributed by atoms with Gasteiger partial charge in [0.2, 0.25) is 15.9 Å². The van der Waals surface area contributed by atoms with Gasteiger partial charge in [0.05, 0.1) is 4.90 Å². The largest absolute Gasteiger partial charge is 0.356 e. The molecule has 1 aromatic rings. The van der Waals surface area contributed by atoms with Gasteiger partial charge < -0.3 is 5.32 Å². The third-order valence-electron chi connectivity index (χ3n) is 5.34. The predicted molar refractivity (Wildman–Crippen MR) is 109 cm³/mol. The molecular formula is C21H34N2O3S. The molecule has 2 rings (SSSR count). The van der Waals surface area contributed by atoms with E-state index in [1.54, 1.807) is 12.1 Å². The summed E-state index contributed by atoms with van der Waals surface area (Å²) in [5.74, 6) is 0.369. The van der Waals surface area contributed by atoms with Crippen molar-refractivity contribution in [2.75, 3.05) is 19.6 Å². The van der Waals surface area contributed by atoms with E-state index in [9.17, 15) is 13.2 Å². The number of amides is 1. The molecule has 1 heterocycles. The van der Waals surface area contributed by atoms with E-state index < -0.39 is 10.0 Å². The van der Waals surface area contributed by atoms with Crippen molar-refractivity contribution < 1.29 is 13.2 Å². The van der Waals surface area contributed by atoms with Gasteiger partial charge in [0.15, 0.2) is 0 Å². The van der Waals surface area contributed by atoms with E-state index in [-0.39, 0.29) is 11.8 Å². The maximum Gasteiger partial charge on any atom is 0.243 e. The molecule has 0 spiro atoms. The molecule has 0 radical (unpaired) electrons. The van der Waals surface area contributed by atoms with Crippen molar-refractivity contribution in [2.24, 2.45) is 5.92 Å². The molecule has 0 unspecified atom stereocenters. The van der Waals surface area contributed by atoms with Crippen LogP contribution in [0.15, 0.2) is 29.2 Å². The van der Waals surface area contributed by atoms with Crippen molar-refractivity contribution in [1.29, 1.82) is 0 Å². The number of benzene rings is 1. The Balaban J connectivity index is 1.85. The summed E-state index contributed by atoms with van der Waals surface area (Å²) in [4.78, 5) is 12.6. The van der Waals surface area contributed by atoms with Crippen LogP contribution in [-0.4, -0.2) is 38.3 Å². The van der Waals surface area contributed by atoms with Crippen LogP contribution in [0.3, 0.4) is 0 Å². The van der Waals surface area contributed by atoms with Gasteiger partial charge >= 0.3 is 0 Å². The second kappa shape index (κ2) is 10.2. The van der Waals surface area contributed by atoms with Gasteiger partial charge in [-0.3, -0.25) is 4.79 Å². The summed E-state index contributed by atoms with van der Waals surface area (Å²) < 4.78 is 27.2. The molecule has 0 atom stereocenters. The quantitative estimate of drug-likeness (QED) is 0.646. The van der Waals surface area contributed by atoms with E-state index in [0.717, 1.165) is 24.9 Å². The highest BCUT2D eigenvalue weighted by atomic mass is 32.2. The number of rotatable bonds is 9. The molecule has 5 nitrogen and oxygen atoms in total. The van der Waals surface area contributed by atoms with E-state index >= 15 is 0 Å². The number of carbonyl (C=O) groups excluding carboxylic acids is 1. The normalized spacial score (nSPS) is 16.6. The van der Waals surface area contributed by atoms with Gasteiger partial charge in [0, 0.05) is 25.6 Å². The Kier molecular flexibility index (Phi) is 8.29. The zero-order valence-electron chi connectivity index (χ0n) is 16.9. The van der Waals surface area contributed by atoms with Crippen molar-refractivity contribution in [2.45, 2.75) is 70.1 Å². The number of nitrogens with zero attached hydrogens (tertiary/aromatic N) is 1. The topological polar surface area (TPSA) is 66.5 Å². The first-order valence-electron chi connectivity index (χ1n) is 10.2. The van der Waals surface area contributed by atoms with Crippen LogP contribution in [-0.2, 0) is 14.8 Å². The van der Waals surface area contributed by atoms with E-state index in [4.69, 9.17) is 0 Å². The average molecular weight is 395 g/mol. The van der Waals surface area contributed by atoms with Crippen LogP contribution < -0.4 is 5.32 Å². The molecule has 27 heavy (non-hydrogen) atoms. The number of nitrogens with one attached hydrogen (secondary N) is 1. The van der Waals surface area contributed by atoms with Crippen molar-refractivity contribution >= 4 is 15.9 Å². The monoisotopic (exact) mass is 394 g/mol. The maximum absolute atomic E-state index is 12.8. The molecule has 1 saturated heterocycles. The van der Waals surface area contributed by atoms with E-state index in [1.165, 1.54) is 17.1 Å². The fraction of sp³-hybridized carbons (Fsp3) is 0.667. The summed E-state index contributed by atoms with van der Waals surface area (Å²) in [5, 5.41) is 3.01. The standard InChI is InChI=1S/C21H34N2O3S/c1-4-5-6-7-14-22-21(24)19-12-15-23(16-13-19)27(25,26)20-10-8-18(9-11-20)17(2)3/h8-11,17,19H,4-7,12-16H2,1-3H3,(H,22,24). The highest BCUT2D eigenvalue weighted by Gasteiger charge is 2.31. The molecule has 1 aliphatic rings. The van der Waals surface area contributed by atoms with Crippen molar-refractivity contribution in [3.63, 3.8) is 0 Å². The predicted octanol–water partition coefficient (Wildman–Crippen LogP) is 3.91. The molecule has 1 amide bonds. The second-order valence-electron chi connectivity index (χ2n) is 7.75. The number of sulfonamides is 1. The summed E-state index contributed by atoms with van der Waals surface area (Å²) >= 11 is 0. The highest BCUT2D eigenvalue weighted by molar-refractivity contribution is 7.89. The van der Waals surface area contributed by atoms with Gasteiger partial charge in [-0.05, 0) is 42.9 Å². The molecule has 152 valence electrons. The summed E-state index contributed by atoms with van der Waals surface area (Å²) in [6.45, 7) is 7.87. The summed E-state index contributed by atoms with van der Waals surface area (Å²) in [6, 6.07) is 7.16. The zero-order valence-corrected chi connectivity index (χ0v) is 17.7. The molecule has 0 saturated carbocycles. The minimum Gasteiger partial charge on any atom is -0.356 e. The fourth-order valence-electron chi connectivity index (χ4n) is 3.44. The summed E-state index contributed by atoms with van der Waals surface area (Å²) in [5.41, 5.74) is 1.13. The Hall–Kier alpha value is -1.40. The van der Waals surface area contributed by atoms with Crippen LogP contribution in [0.2, 0.25) is 0 Å². The van der Waals surface area contributed by atoms with E-state index in [1.807, 2.05) is 12.1 Å². The Morgan fingerprint density at radius 2 is 1.74 bits per heavy atom. The smallest absolute Gasteiger partial charge is 0.243 e. The van der Waals surface area contributed by atoms with Crippen LogP contribution >= 0.6 is 0 Å². The number of piperidine rings is 1. The number of unbranched alkanes of at least 4 members (excludes halogenated alkanes) is 3. The molecule has 1 aromatic carbocycles. The number of hydrogen-bond acceptors (Lipinski definition) is 3. The summed E-state index contributed by atoms with van der Waals surface area (Å²) in [7, 11) is -3.48. The number of hydrogen-bond donors (Lipinski definition) is 1. The number of carbonyl (C=O) groups is 1. The summed E-state index contributed by atoms with van der Waals surface area (Å²) in [6.07, 6.45) is 5.71. The van der Waals surface area contributed by atoms with Gasteiger partial charge in [-0.1, -0.05) is 52.2 Å². The Morgan fingerprint density at radius 1 is 1.11 bits per heavy atom. The van der Waals surface area contributed by atoms with E-state index in [0.29, 0.717) is 36.7 Å². The molecule has 6 heteroatoms. The minimum absolute atomic E-state index is 0.0739. The second-order valence-corrected chi connectivity index (χ2v) is 9.69. The fourth-order valence-corrected chi connectivity index (χ4v) is 4.91. The third-order valence-corrected chi connectivity index (χ3v) is 7.25. The lowest BCUT2D eigenvalue weighted by Crippen LogP contribution is -2.43. The van der Waals surface area contributed by atoms with Crippen molar-refractivity contribution in [3.8, 4) is 0 Å². The lowest BCUT2D eigenvalue weighted by Gasteiger charge is -2.30. The Labute approximate surface area is 164 Å². The van der Waals surface area contributed by atoms with Gasteiger partial charge in [-0.15, -0.1) is 0 Å². The molecule has 0 bridgehead atoms. The zero-order chi connectivity index (χ0) is 19.9. The van der Waals surface area contributed by atoms with Gasteiger partial charge in [-0.2, -0.15) is 4.31 Å².